The zero-order valence-corrected chi connectivity index (χ0v) is 15.8. The molecule has 3 nitrogen and oxygen atoms in total. The molecule has 21 heavy (non-hydrogen) atoms. The van der Waals surface area contributed by atoms with Gasteiger partial charge in [-0.05, 0) is 28.1 Å². The van der Waals surface area contributed by atoms with Gasteiger partial charge < -0.3 is 11.1 Å². The van der Waals surface area contributed by atoms with Crippen molar-refractivity contribution in [3.05, 3.63) is 26.6 Å². The summed E-state index contributed by atoms with van der Waals surface area (Å²) in [6.07, 6.45) is -2.47. The van der Waals surface area contributed by atoms with Crippen molar-refractivity contribution in [1.82, 2.24) is 10.2 Å². The summed E-state index contributed by atoms with van der Waals surface area (Å²) in [6.45, 7) is 2.63. The molecule has 9 heteroatoms. The van der Waals surface area contributed by atoms with E-state index in [1.165, 1.54) is 0 Å². The van der Waals surface area contributed by atoms with E-state index in [1.54, 1.807) is 17.0 Å². The van der Waals surface area contributed by atoms with Gasteiger partial charge in [0.1, 0.15) is 0 Å². The molecule has 122 valence electrons. The fourth-order valence-corrected chi connectivity index (χ4v) is 3.56. The van der Waals surface area contributed by atoms with Crippen molar-refractivity contribution in [1.29, 1.82) is 0 Å². The molecule has 1 aromatic carbocycles. The zero-order chi connectivity index (χ0) is 14.0. The third-order valence-corrected chi connectivity index (χ3v) is 4.34. The number of hydrogen-bond acceptors (Lipinski definition) is 3. The highest BCUT2D eigenvalue weighted by Crippen LogP contribution is 2.37. The van der Waals surface area contributed by atoms with Crippen molar-refractivity contribution < 1.29 is 8.78 Å². The molecule has 0 bridgehead atoms. The Morgan fingerprint density at radius 3 is 2.24 bits per heavy atom. The van der Waals surface area contributed by atoms with Crippen LogP contribution in [0.2, 0.25) is 0 Å². The zero-order valence-electron chi connectivity index (χ0n) is 11.0. The Bertz CT molecular complexity index is 460. The molecule has 0 aliphatic carbocycles. The van der Waals surface area contributed by atoms with Crippen LogP contribution < -0.4 is 11.1 Å². The minimum Gasteiger partial charge on any atom is -0.398 e. The molecule has 1 aliphatic rings. The number of nitrogens with two attached hydrogens (primary N) is 1. The Balaban J connectivity index is 0.00000200. The lowest BCUT2D eigenvalue weighted by Crippen LogP contribution is -2.47. The molecule has 0 radical (unpaired) electrons. The maximum absolute atomic E-state index is 13.5. The van der Waals surface area contributed by atoms with Crippen LogP contribution in [-0.4, -0.2) is 37.5 Å². The second-order valence-electron chi connectivity index (χ2n) is 4.46. The molecule has 1 saturated heterocycles. The molecule has 0 spiro atoms. The summed E-state index contributed by atoms with van der Waals surface area (Å²) in [5.74, 6) is 0. The van der Waals surface area contributed by atoms with Crippen LogP contribution in [0.15, 0.2) is 21.1 Å². The SMILES string of the molecule is Cl.Cl.Nc1c(Br)cc(Br)cc1[C@@H](C(F)F)N1CCNCC1. The van der Waals surface area contributed by atoms with Gasteiger partial charge in [-0.2, -0.15) is 0 Å². The van der Waals surface area contributed by atoms with E-state index in [0.717, 1.165) is 17.6 Å². The topological polar surface area (TPSA) is 41.3 Å². The highest BCUT2D eigenvalue weighted by Gasteiger charge is 2.32. The molecular weight excluding hydrogens is 455 g/mol. The maximum atomic E-state index is 13.5. The van der Waals surface area contributed by atoms with Gasteiger partial charge in [-0.15, -0.1) is 24.8 Å². The van der Waals surface area contributed by atoms with Crippen LogP contribution in [0.25, 0.3) is 0 Å². The van der Waals surface area contributed by atoms with E-state index >= 15 is 0 Å². The average molecular weight is 472 g/mol. The van der Waals surface area contributed by atoms with E-state index in [2.05, 4.69) is 37.2 Å². The minimum absolute atomic E-state index is 0. The van der Waals surface area contributed by atoms with Gasteiger partial charge in [0.15, 0.2) is 0 Å². The van der Waals surface area contributed by atoms with Crippen LogP contribution in [0, 0.1) is 0 Å². The lowest BCUT2D eigenvalue weighted by atomic mass is 10.0. The van der Waals surface area contributed by atoms with Crippen molar-refractivity contribution in [3.8, 4) is 0 Å². The fraction of sp³-hybridized carbons (Fsp3) is 0.500. The molecule has 0 saturated carbocycles. The monoisotopic (exact) mass is 469 g/mol. The second-order valence-corrected chi connectivity index (χ2v) is 6.23. The van der Waals surface area contributed by atoms with E-state index < -0.39 is 12.5 Å². The largest absolute Gasteiger partial charge is 0.398 e. The predicted octanol–water partition coefficient (Wildman–Crippen LogP) is 3.85. The number of nitrogen functional groups attached to an aromatic ring is 1. The smallest absolute Gasteiger partial charge is 0.258 e. The Kier molecular flexibility index (Phi) is 9.63. The van der Waals surface area contributed by atoms with Gasteiger partial charge >= 0.3 is 0 Å². The number of halogens is 6. The van der Waals surface area contributed by atoms with Crippen molar-refractivity contribution >= 4 is 62.4 Å². The second kappa shape index (κ2) is 9.47. The summed E-state index contributed by atoms with van der Waals surface area (Å²) in [7, 11) is 0. The normalized spacial score (nSPS) is 17.0. The van der Waals surface area contributed by atoms with Crippen molar-refractivity contribution in [3.63, 3.8) is 0 Å². The maximum Gasteiger partial charge on any atom is 0.258 e. The third-order valence-electron chi connectivity index (χ3n) is 3.23. The Hall–Kier alpha value is 0.340. The number of piperazine rings is 1. The summed E-state index contributed by atoms with van der Waals surface area (Å²) >= 11 is 6.63. The first-order valence-corrected chi connectivity index (χ1v) is 7.56. The van der Waals surface area contributed by atoms with Crippen molar-refractivity contribution in [2.75, 3.05) is 31.9 Å². The molecule has 1 aromatic rings. The summed E-state index contributed by atoms with van der Waals surface area (Å²) in [4.78, 5) is 1.78. The predicted molar refractivity (Wildman–Crippen MR) is 93.9 cm³/mol. The van der Waals surface area contributed by atoms with Crippen LogP contribution in [0.4, 0.5) is 14.5 Å². The van der Waals surface area contributed by atoms with Crippen LogP contribution in [0.3, 0.4) is 0 Å². The quantitative estimate of drug-likeness (QED) is 0.658. The lowest BCUT2D eigenvalue weighted by molar-refractivity contribution is 0.0185. The van der Waals surface area contributed by atoms with Gasteiger partial charge in [0.2, 0.25) is 0 Å². The number of anilines is 1. The van der Waals surface area contributed by atoms with Crippen LogP contribution in [0.1, 0.15) is 11.6 Å². The van der Waals surface area contributed by atoms with Crippen molar-refractivity contribution in [2.24, 2.45) is 0 Å². The molecule has 2 rings (SSSR count). The number of benzene rings is 1. The Morgan fingerprint density at radius 1 is 1.14 bits per heavy atom. The summed E-state index contributed by atoms with van der Waals surface area (Å²) in [5.41, 5.74) is 6.81. The number of alkyl halides is 2. The molecule has 1 fully saturated rings. The molecular formula is C12H17Br2Cl2F2N3. The van der Waals surface area contributed by atoms with Crippen LogP contribution in [0.5, 0.6) is 0 Å². The van der Waals surface area contributed by atoms with E-state index in [4.69, 9.17) is 5.73 Å². The van der Waals surface area contributed by atoms with Gasteiger partial charge in [0.25, 0.3) is 6.43 Å². The highest BCUT2D eigenvalue weighted by molar-refractivity contribution is 9.11. The summed E-state index contributed by atoms with van der Waals surface area (Å²) in [6, 6.07) is 2.48. The number of hydrogen-bond donors (Lipinski definition) is 2. The molecule has 0 aromatic heterocycles. The van der Waals surface area contributed by atoms with Gasteiger partial charge in [-0.3, -0.25) is 4.90 Å². The molecule has 0 unspecified atom stereocenters. The number of nitrogens with zero attached hydrogens (tertiary/aromatic N) is 1. The Labute approximate surface area is 152 Å². The fourth-order valence-electron chi connectivity index (χ4n) is 2.30. The molecule has 3 N–H and O–H groups in total. The average Bonchev–Trinajstić information content (AvgIpc) is 2.36. The minimum atomic E-state index is -2.47. The van der Waals surface area contributed by atoms with Gasteiger partial charge in [0.05, 0.1) is 11.7 Å². The van der Waals surface area contributed by atoms with Crippen LogP contribution in [-0.2, 0) is 0 Å². The first-order chi connectivity index (χ1) is 9.00. The van der Waals surface area contributed by atoms with Gasteiger partial charge in [-0.1, -0.05) is 15.9 Å². The third kappa shape index (κ3) is 5.18. The number of rotatable bonds is 3. The van der Waals surface area contributed by atoms with Gasteiger partial charge in [-0.25, -0.2) is 8.78 Å². The van der Waals surface area contributed by atoms with Crippen molar-refractivity contribution in [2.45, 2.75) is 12.5 Å². The molecule has 1 heterocycles. The summed E-state index contributed by atoms with van der Waals surface area (Å²) in [5, 5.41) is 3.16. The van der Waals surface area contributed by atoms with E-state index in [9.17, 15) is 8.78 Å². The van der Waals surface area contributed by atoms with Crippen LogP contribution >= 0.6 is 56.7 Å². The molecule has 1 aliphatic heterocycles. The first kappa shape index (κ1) is 21.3. The molecule has 1 atom stereocenters. The first-order valence-electron chi connectivity index (χ1n) is 5.98. The molecule has 0 amide bonds. The standard InChI is InChI=1S/C12H15Br2F2N3.2ClH/c13-7-5-8(10(17)9(14)6-7)11(12(15)16)19-3-1-18-2-4-19;;/h5-6,11-12,18H,1-4,17H2;2*1H/t11-;;/m0../s1. The lowest BCUT2D eigenvalue weighted by Gasteiger charge is -2.35. The highest BCUT2D eigenvalue weighted by atomic mass is 79.9. The summed E-state index contributed by atoms with van der Waals surface area (Å²) < 4.78 is 28.3. The Morgan fingerprint density at radius 2 is 1.71 bits per heavy atom. The van der Waals surface area contributed by atoms with E-state index in [-0.39, 0.29) is 24.8 Å². The van der Waals surface area contributed by atoms with E-state index in [0.29, 0.717) is 28.8 Å². The van der Waals surface area contributed by atoms with E-state index in [1.807, 2.05) is 0 Å². The number of nitrogens with one attached hydrogen (secondary N) is 1. The van der Waals surface area contributed by atoms with Gasteiger partial charge in [0, 0.05) is 40.7 Å².